The van der Waals surface area contributed by atoms with Crippen LogP contribution in [0.4, 0.5) is 18.9 Å². The van der Waals surface area contributed by atoms with Crippen LogP contribution in [0.2, 0.25) is 0 Å². The van der Waals surface area contributed by atoms with Gasteiger partial charge >= 0.3 is 12.1 Å². The minimum absolute atomic E-state index is 0. The van der Waals surface area contributed by atoms with Crippen LogP contribution in [0.1, 0.15) is 30.1 Å². The summed E-state index contributed by atoms with van der Waals surface area (Å²) in [4.78, 5) is 23.4. The standard InChI is InChI=1S/C15H19F3N2O4.ClH/c1-3-4-10(19)13(21)20-11-6-5-9(14(22)23-2)7-12(11)24-8-15(16,17)18;/h5-7,10H,3-4,8,19H2,1-2H3,(H,20,21);1H. The topological polar surface area (TPSA) is 90.7 Å². The van der Waals surface area contributed by atoms with Crippen molar-refractivity contribution in [1.29, 1.82) is 0 Å². The van der Waals surface area contributed by atoms with E-state index in [2.05, 4.69) is 14.8 Å². The van der Waals surface area contributed by atoms with Gasteiger partial charge in [0.2, 0.25) is 5.91 Å². The maximum Gasteiger partial charge on any atom is 0.422 e. The van der Waals surface area contributed by atoms with Crippen LogP contribution in [0.15, 0.2) is 18.2 Å². The molecule has 142 valence electrons. The number of nitrogens with two attached hydrogens (primary N) is 1. The molecule has 0 aromatic heterocycles. The highest BCUT2D eigenvalue weighted by Crippen LogP contribution is 2.28. The monoisotopic (exact) mass is 384 g/mol. The lowest BCUT2D eigenvalue weighted by molar-refractivity contribution is -0.153. The van der Waals surface area contributed by atoms with Crippen molar-refractivity contribution >= 4 is 30.0 Å². The summed E-state index contributed by atoms with van der Waals surface area (Å²) in [5, 5.41) is 2.41. The van der Waals surface area contributed by atoms with Crippen molar-refractivity contribution in [3.63, 3.8) is 0 Å². The Kier molecular flexibility index (Phi) is 9.29. The van der Waals surface area contributed by atoms with Gasteiger partial charge in [0.15, 0.2) is 6.61 Å². The average molecular weight is 385 g/mol. The van der Waals surface area contributed by atoms with Gasteiger partial charge in [0.1, 0.15) is 5.75 Å². The van der Waals surface area contributed by atoms with E-state index in [1.54, 1.807) is 0 Å². The quantitative estimate of drug-likeness (QED) is 0.705. The minimum Gasteiger partial charge on any atom is -0.482 e. The summed E-state index contributed by atoms with van der Waals surface area (Å²) in [6.07, 6.45) is -3.47. The number of alkyl halides is 3. The number of anilines is 1. The number of nitrogens with one attached hydrogen (secondary N) is 1. The predicted molar refractivity (Wildman–Crippen MR) is 88.1 cm³/mol. The molecule has 10 heteroatoms. The number of hydrogen-bond acceptors (Lipinski definition) is 5. The van der Waals surface area contributed by atoms with Crippen LogP contribution in [0.3, 0.4) is 0 Å². The summed E-state index contributed by atoms with van der Waals surface area (Å²) in [6.45, 7) is 0.275. The second kappa shape index (κ2) is 10.1. The molecule has 3 N–H and O–H groups in total. The number of carbonyl (C=O) groups is 2. The van der Waals surface area contributed by atoms with E-state index in [-0.39, 0.29) is 29.4 Å². The number of halogens is 4. The Labute approximate surface area is 149 Å². The van der Waals surface area contributed by atoms with Gasteiger partial charge in [-0.1, -0.05) is 13.3 Å². The van der Waals surface area contributed by atoms with Gasteiger partial charge in [-0.3, -0.25) is 4.79 Å². The first-order valence-corrected chi connectivity index (χ1v) is 7.16. The molecule has 0 bridgehead atoms. The van der Waals surface area contributed by atoms with Crippen molar-refractivity contribution in [3.8, 4) is 5.75 Å². The Balaban J connectivity index is 0.00000576. The molecule has 1 aromatic carbocycles. The molecule has 25 heavy (non-hydrogen) atoms. The minimum atomic E-state index is -4.57. The molecule has 0 saturated heterocycles. The highest BCUT2D eigenvalue weighted by atomic mass is 35.5. The predicted octanol–water partition coefficient (Wildman–Crippen LogP) is 2.90. The molecule has 0 radical (unpaired) electrons. The fraction of sp³-hybridized carbons (Fsp3) is 0.467. The third-order valence-corrected chi connectivity index (χ3v) is 2.99. The molecule has 0 heterocycles. The van der Waals surface area contributed by atoms with Crippen molar-refractivity contribution in [3.05, 3.63) is 23.8 Å². The van der Waals surface area contributed by atoms with E-state index in [4.69, 9.17) is 5.73 Å². The van der Waals surface area contributed by atoms with Crippen LogP contribution in [0.25, 0.3) is 0 Å². The third-order valence-electron chi connectivity index (χ3n) is 2.99. The molecule has 1 amide bonds. The Morgan fingerprint density at radius 1 is 1.32 bits per heavy atom. The fourth-order valence-electron chi connectivity index (χ4n) is 1.82. The number of carbonyl (C=O) groups excluding carboxylic acids is 2. The van der Waals surface area contributed by atoms with Gasteiger partial charge in [0, 0.05) is 0 Å². The SMILES string of the molecule is CCCC(N)C(=O)Nc1ccc(C(=O)OC)cc1OCC(F)(F)F.Cl. The lowest BCUT2D eigenvalue weighted by Crippen LogP contribution is -2.35. The van der Waals surface area contributed by atoms with Crippen molar-refractivity contribution < 1.29 is 32.2 Å². The van der Waals surface area contributed by atoms with Crippen molar-refractivity contribution in [2.24, 2.45) is 5.73 Å². The average Bonchev–Trinajstić information content (AvgIpc) is 2.52. The van der Waals surface area contributed by atoms with Gasteiger partial charge < -0.3 is 20.5 Å². The normalized spacial score (nSPS) is 11.9. The Morgan fingerprint density at radius 2 is 1.96 bits per heavy atom. The van der Waals surface area contributed by atoms with Gasteiger partial charge in [-0.25, -0.2) is 4.79 Å². The van der Waals surface area contributed by atoms with E-state index in [9.17, 15) is 22.8 Å². The van der Waals surface area contributed by atoms with E-state index in [1.165, 1.54) is 12.1 Å². The fourth-order valence-corrected chi connectivity index (χ4v) is 1.82. The first-order valence-electron chi connectivity index (χ1n) is 7.16. The maximum absolute atomic E-state index is 12.4. The number of ether oxygens (including phenoxy) is 2. The molecule has 0 aliphatic rings. The highest BCUT2D eigenvalue weighted by molar-refractivity contribution is 5.97. The van der Waals surface area contributed by atoms with Crippen LogP contribution in [-0.2, 0) is 9.53 Å². The number of esters is 1. The lowest BCUT2D eigenvalue weighted by Gasteiger charge is -2.16. The highest BCUT2D eigenvalue weighted by Gasteiger charge is 2.29. The van der Waals surface area contributed by atoms with Gasteiger partial charge in [-0.2, -0.15) is 13.2 Å². The van der Waals surface area contributed by atoms with Gasteiger partial charge in [0.25, 0.3) is 0 Å². The van der Waals surface area contributed by atoms with E-state index in [0.717, 1.165) is 13.2 Å². The van der Waals surface area contributed by atoms with Gasteiger partial charge in [0.05, 0.1) is 24.4 Å². The summed E-state index contributed by atoms with van der Waals surface area (Å²) in [5.41, 5.74) is 5.64. The first kappa shape index (κ1) is 23.0. The van der Waals surface area contributed by atoms with Crippen LogP contribution in [0, 0.1) is 0 Å². The number of benzene rings is 1. The zero-order chi connectivity index (χ0) is 18.3. The largest absolute Gasteiger partial charge is 0.482 e. The second-order valence-electron chi connectivity index (χ2n) is 4.99. The van der Waals surface area contributed by atoms with Crippen LogP contribution >= 0.6 is 12.4 Å². The van der Waals surface area contributed by atoms with E-state index >= 15 is 0 Å². The second-order valence-corrected chi connectivity index (χ2v) is 4.99. The zero-order valence-electron chi connectivity index (χ0n) is 13.7. The molecule has 0 spiro atoms. The maximum atomic E-state index is 12.4. The lowest BCUT2D eigenvalue weighted by atomic mass is 10.1. The summed E-state index contributed by atoms with van der Waals surface area (Å²) < 4.78 is 46.3. The molecule has 0 aliphatic heterocycles. The van der Waals surface area contributed by atoms with Crippen LogP contribution in [0.5, 0.6) is 5.75 Å². The smallest absolute Gasteiger partial charge is 0.422 e. The Hall–Kier alpha value is -2.00. The summed E-state index contributed by atoms with van der Waals surface area (Å²) in [7, 11) is 1.14. The van der Waals surface area contributed by atoms with Crippen LogP contribution in [-0.4, -0.2) is 37.8 Å². The molecular formula is C15H20ClF3N2O4. The van der Waals surface area contributed by atoms with E-state index in [0.29, 0.717) is 12.8 Å². The van der Waals surface area contributed by atoms with Gasteiger partial charge in [-0.05, 0) is 24.6 Å². The van der Waals surface area contributed by atoms with Crippen molar-refractivity contribution in [2.45, 2.75) is 32.0 Å². The summed E-state index contributed by atoms with van der Waals surface area (Å²) in [5.74, 6) is -1.60. The third kappa shape index (κ3) is 7.61. The summed E-state index contributed by atoms with van der Waals surface area (Å²) >= 11 is 0. The van der Waals surface area contributed by atoms with Crippen molar-refractivity contribution in [1.82, 2.24) is 0 Å². The molecule has 1 atom stereocenters. The molecule has 6 nitrogen and oxygen atoms in total. The molecule has 0 fully saturated rings. The zero-order valence-corrected chi connectivity index (χ0v) is 14.5. The van der Waals surface area contributed by atoms with Crippen LogP contribution < -0.4 is 15.8 Å². The summed E-state index contributed by atoms with van der Waals surface area (Å²) in [6, 6.07) is 2.83. The number of rotatable bonds is 7. The number of amides is 1. The number of hydrogen-bond donors (Lipinski definition) is 2. The molecule has 1 rings (SSSR count). The molecular weight excluding hydrogens is 365 g/mol. The molecule has 1 aromatic rings. The Bertz CT molecular complexity index is 597. The van der Waals surface area contributed by atoms with E-state index in [1.807, 2.05) is 6.92 Å². The Morgan fingerprint density at radius 3 is 2.48 bits per heavy atom. The van der Waals surface area contributed by atoms with Gasteiger partial charge in [-0.15, -0.1) is 12.4 Å². The van der Waals surface area contributed by atoms with E-state index < -0.39 is 30.7 Å². The number of methoxy groups -OCH3 is 1. The first-order chi connectivity index (χ1) is 11.2. The van der Waals surface area contributed by atoms with Crippen molar-refractivity contribution in [2.75, 3.05) is 19.0 Å². The molecule has 1 unspecified atom stereocenters. The molecule has 0 aliphatic carbocycles. The molecule has 0 saturated carbocycles.